The second-order valence-electron chi connectivity index (χ2n) is 4.30. The van der Waals surface area contributed by atoms with Crippen molar-refractivity contribution in [3.8, 4) is 0 Å². The highest BCUT2D eigenvalue weighted by Crippen LogP contribution is 2.16. The summed E-state index contributed by atoms with van der Waals surface area (Å²) in [6, 6.07) is 3.80. The molecule has 0 bridgehead atoms. The molecule has 2 rings (SSSR count). The van der Waals surface area contributed by atoms with E-state index >= 15 is 0 Å². The maximum Gasteiger partial charge on any atom is 0.327 e. The standard InChI is InChI=1S/C12H12FN3O2S/c1-15-6-10(17)16(12(15)18)5-7-2-3-9(13)8(4-7)11(14)19/h2-4H,5-6H2,1H3,(H2,14,19). The highest BCUT2D eigenvalue weighted by atomic mass is 32.1. The number of carbonyl (C=O) groups is 2. The van der Waals surface area contributed by atoms with Gasteiger partial charge in [-0.1, -0.05) is 18.3 Å². The highest BCUT2D eigenvalue weighted by molar-refractivity contribution is 7.80. The van der Waals surface area contributed by atoms with E-state index in [1.807, 2.05) is 0 Å². The van der Waals surface area contributed by atoms with Gasteiger partial charge in [-0.15, -0.1) is 0 Å². The number of benzene rings is 1. The third-order valence-corrected chi connectivity index (χ3v) is 3.09. The van der Waals surface area contributed by atoms with Crippen molar-refractivity contribution in [2.24, 2.45) is 5.73 Å². The van der Waals surface area contributed by atoms with Crippen LogP contribution in [0.25, 0.3) is 0 Å². The van der Waals surface area contributed by atoms with Crippen molar-refractivity contribution in [1.29, 1.82) is 0 Å². The minimum atomic E-state index is -0.521. The van der Waals surface area contributed by atoms with Gasteiger partial charge in [-0.05, 0) is 17.7 Å². The lowest BCUT2D eigenvalue weighted by Crippen LogP contribution is -2.31. The summed E-state index contributed by atoms with van der Waals surface area (Å²) in [5.74, 6) is -0.804. The SMILES string of the molecule is CN1CC(=O)N(Cc2ccc(F)c(C(N)=S)c2)C1=O. The number of nitrogens with two attached hydrogens (primary N) is 1. The Hall–Kier alpha value is -2.02. The van der Waals surface area contributed by atoms with Gasteiger partial charge >= 0.3 is 6.03 Å². The molecule has 0 radical (unpaired) electrons. The maximum absolute atomic E-state index is 13.4. The average Bonchev–Trinajstić information content (AvgIpc) is 2.58. The van der Waals surface area contributed by atoms with E-state index in [1.165, 1.54) is 23.1 Å². The molecule has 19 heavy (non-hydrogen) atoms. The Balaban J connectivity index is 2.25. The Morgan fingerprint density at radius 2 is 2.16 bits per heavy atom. The smallest absolute Gasteiger partial charge is 0.327 e. The first-order valence-electron chi connectivity index (χ1n) is 5.54. The topological polar surface area (TPSA) is 66.6 Å². The molecule has 7 heteroatoms. The quantitative estimate of drug-likeness (QED) is 0.659. The Bertz CT molecular complexity index is 576. The molecule has 2 N–H and O–H groups in total. The molecular weight excluding hydrogens is 269 g/mol. The lowest BCUT2D eigenvalue weighted by molar-refractivity contribution is -0.125. The number of carbonyl (C=O) groups excluding carboxylic acids is 2. The summed E-state index contributed by atoms with van der Waals surface area (Å²) in [5.41, 5.74) is 6.11. The summed E-state index contributed by atoms with van der Waals surface area (Å²) in [4.78, 5) is 25.7. The highest BCUT2D eigenvalue weighted by Gasteiger charge is 2.33. The van der Waals surface area contributed by atoms with Crippen LogP contribution in [0.5, 0.6) is 0 Å². The van der Waals surface area contributed by atoms with Gasteiger partial charge in [-0.25, -0.2) is 9.18 Å². The number of hydrogen-bond donors (Lipinski definition) is 1. The third-order valence-electron chi connectivity index (χ3n) is 2.87. The van der Waals surface area contributed by atoms with Crippen LogP contribution in [0.3, 0.4) is 0 Å². The molecule has 0 unspecified atom stereocenters. The van der Waals surface area contributed by atoms with Crippen LogP contribution in [-0.4, -0.2) is 40.3 Å². The van der Waals surface area contributed by atoms with Crippen LogP contribution in [-0.2, 0) is 11.3 Å². The fourth-order valence-electron chi connectivity index (χ4n) is 1.87. The molecule has 1 aromatic rings. The number of thiocarbonyl (C=S) groups is 1. The second kappa shape index (κ2) is 4.93. The van der Waals surface area contributed by atoms with Gasteiger partial charge in [0.05, 0.1) is 6.54 Å². The van der Waals surface area contributed by atoms with Gasteiger partial charge < -0.3 is 10.6 Å². The number of nitrogens with zero attached hydrogens (tertiary/aromatic N) is 2. The van der Waals surface area contributed by atoms with Crippen molar-refractivity contribution in [3.05, 3.63) is 35.1 Å². The zero-order valence-electron chi connectivity index (χ0n) is 10.2. The van der Waals surface area contributed by atoms with Gasteiger partial charge in [0.2, 0.25) is 0 Å². The lowest BCUT2D eigenvalue weighted by atomic mass is 10.1. The van der Waals surface area contributed by atoms with Crippen molar-refractivity contribution >= 4 is 29.1 Å². The van der Waals surface area contributed by atoms with Gasteiger partial charge in [0.15, 0.2) is 0 Å². The molecule has 0 aliphatic carbocycles. The van der Waals surface area contributed by atoms with Crippen LogP contribution in [0, 0.1) is 5.82 Å². The van der Waals surface area contributed by atoms with Gasteiger partial charge in [-0.2, -0.15) is 0 Å². The molecule has 1 aliphatic rings. The third kappa shape index (κ3) is 2.55. The molecule has 0 aromatic heterocycles. The first kappa shape index (κ1) is 13.4. The summed E-state index contributed by atoms with van der Waals surface area (Å²) in [7, 11) is 1.55. The Kier molecular flexibility index (Phi) is 3.48. The van der Waals surface area contributed by atoms with Crippen molar-refractivity contribution in [2.75, 3.05) is 13.6 Å². The number of imide groups is 1. The van der Waals surface area contributed by atoms with Crippen molar-refractivity contribution in [3.63, 3.8) is 0 Å². The molecule has 1 aromatic carbocycles. The summed E-state index contributed by atoms with van der Waals surface area (Å²) in [5, 5.41) is 0. The molecule has 100 valence electrons. The number of hydrogen-bond acceptors (Lipinski definition) is 3. The predicted molar refractivity (Wildman–Crippen MR) is 70.9 cm³/mol. The van der Waals surface area contributed by atoms with Crippen LogP contribution in [0.4, 0.5) is 9.18 Å². The monoisotopic (exact) mass is 281 g/mol. The van der Waals surface area contributed by atoms with E-state index in [2.05, 4.69) is 0 Å². The van der Waals surface area contributed by atoms with E-state index < -0.39 is 5.82 Å². The van der Waals surface area contributed by atoms with Gasteiger partial charge in [0, 0.05) is 12.6 Å². The Labute approximate surface area is 114 Å². The number of urea groups is 1. The second-order valence-corrected chi connectivity index (χ2v) is 4.74. The van der Waals surface area contributed by atoms with Gasteiger partial charge in [0.25, 0.3) is 5.91 Å². The minimum absolute atomic E-state index is 0.0577. The van der Waals surface area contributed by atoms with E-state index in [0.717, 1.165) is 4.90 Å². The Morgan fingerprint density at radius 3 is 2.68 bits per heavy atom. The summed E-state index contributed by atoms with van der Waals surface area (Å²) >= 11 is 4.74. The molecular formula is C12H12FN3O2S. The first-order chi connectivity index (χ1) is 8.90. The zero-order chi connectivity index (χ0) is 14.2. The van der Waals surface area contributed by atoms with Crippen LogP contribution in [0.2, 0.25) is 0 Å². The fraction of sp³-hybridized carbons (Fsp3) is 0.250. The van der Waals surface area contributed by atoms with Gasteiger partial charge in [-0.3, -0.25) is 9.69 Å². The average molecular weight is 281 g/mol. The summed E-state index contributed by atoms with van der Waals surface area (Å²) < 4.78 is 13.4. The molecule has 1 aliphatic heterocycles. The van der Waals surface area contributed by atoms with Crippen molar-refractivity contribution < 1.29 is 14.0 Å². The number of halogens is 1. The van der Waals surface area contributed by atoms with E-state index in [9.17, 15) is 14.0 Å². The number of likely N-dealkylation sites (N-methyl/N-ethyl adjacent to an activating group) is 1. The Morgan fingerprint density at radius 1 is 1.47 bits per heavy atom. The molecule has 1 saturated heterocycles. The molecule has 0 spiro atoms. The molecule has 5 nitrogen and oxygen atoms in total. The minimum Gasteiger partial charge on any atom is -0.389 e. The van der Waals surface area contributed by atoms with Crippen LogP contribution in [0.1, 0.15) is 11.1 Å². The van der Waals surface area contributed by atoms with Crippen molar-refractivity contribution in [1.82, 2.24) is 9.80 Å². The molecule has 1 heterocycles. The van der Waals surface area contributed by atoms with E-state index in [-0.39, 0.29) is 35.6 Å². The zero-order valence-corrected chi connectivity index (χ0v) is 11.0. The normalized spacial score (nSPS) is 15.3. The van der Waals surface area contributed by atoms with E-state index in [4.69, 9.17) is 18.0 Å². The number of rotatable bonds is 3. The van der Waals surface area contributed by atoms with E-state index in [0.29, 0.717) is 5.56 Å². The molecule has 0 saturated carbocycles. The summed E-state index contributed by atoms with van der Waals surface area (Å²) in [6.45, 7) is 0.139. The largest absolute Gasteiger partial charge is 0.389 e. The van der Waals surface area contributed by atoms with Gasteiger partial charge in [0.1, 0.15) is 17.4 Å². The molecule has 1 fully saturated rings. The first-order valence-corrected chi connectivity index (χ1v) is 5.94. The lowest BCUT2D eigenvalue weighted by Gasteiger charge is -2.14. The predicted octanol–water partition coefficient (Wildman–Crippen LogP) is 0.854. The van der Waals surface area contributed by atoms with Crippen LogP contribution in [0.15, 0.2) is 18.2 Å². The molecule has 3 amide bonds. The van der Waals surface area contributed by atoms with Crippen LogP contribution >= 0.6 is 12.2 Å². The van der Waals surface area contributed by atoms with E-state index in [1.54, 1.807) is 7.05 Å². The van der Waals surface area contributed by atoms with Crippen LogP contribution < -0.4 is 5.73 Å². The maximum atomic E-state index is 13.4. The molecule has 0 atom stereocenters. The fourth-order valence-corrected chi connectivity index (χ4v) is 2.02. The van der Waals surface area contributed by atoms with Crippen molar-refractivity contribution in [2.45, 2.75) is 6.54 Å². The number of amides is 3. The summed E-state index contributed by atoms with van der Waals surface area (Å²) in [6.07, 6.45) is 0.